The molecular formula is C27H26F6N2O2. The lowest BCUT2D eigenvalue weighted by Crippen LogP contribution is -2.31. The van der Waals surface area contributed by atoms with Gasteiger partial charge >= 0.3 is 12.4 Å². The van der Waals surface area contributed by atoms with Gasteiger partial charge in [0.05, 0.1) is 24.3 Å². The quantitative estimate of drug-likeness (QED) is 0.256. The van der Waals surface area contributed by atoms with Crippen LogP contribution in [0, 0.1) is 13.8 Å². The van der Waals surface area contributed by atoms with E-state index in [4.69, 9.17) is 10.5 Å². The molecule has 0 aliphatic carbocycles. The van der Waals surface area contributed by atoms with Crippen LogP contribution >= 0.6 is 0 Å². The third kappa shape index (κ3) is 7.25. The molecule has 4 nitrogen and oxygen atoms in total. The van der Waals surface area contributed by atoms with E-state index in [0.717, 1.165) is 16.7 Å². The maximum atomic E-state index is 13.1. The number of nitrogens with one attached hydrogen (secondary N) is 1. The van der Waals surface area contributed by atoms with E-state index in [1.807, 2.05) is 0 Å². The molecule has 3 rings (SSSR count). The Morgan fingerprint density at radius 3 is 2.05 bits per heavy atom. The Morgan fingerprint density at radius 2 is 1.49 bits per heavy atom. The number of amides is 1. The van der Waals surface area contributed by atoms with Crippen LogP contribution < -0.4 is 11.1 Å². The van der Waals surface area contributed by atoms with Gasteiger partial charge in [0, 0.05) is 23.7 Å². The maximum Gasteiger partial charge on any atom is 0.416 e. The number of hydrogen-bond acceptors (Lipinski definition) is 3. The van der Waals surface area contributed by atoms with Crippen molar-refractivity contribution < 1.29 is 35.9 Å². The minimum absolute atomic E-state index is 0.0539. The lowest BCUT2D eigenvalue weighted by molar-refractivity contribution is -0.143. The molecule has 0 aromatic heterocycles. The Balaban J connectivity index is 1.74. The van der Waals surface area contributed by atoms with Crippen molar-refractivity contribution in [3.8, 4) is 0 Å². The molecule has 0 heterocycles. The molecule has 0 aliphatic rings. The highest BCUT2D eigenvalue weighted by atomic mass is 19.4. The van der Waals surface area contributed by atoms with Crippen molar-refractivity contribution in [2.45, 2.75) is 38.7 Å². The number of alkyl halides is 6. The molecule has 3 N–H and O–H groups in total. The van der Waals surface area contributed by atoms with Gasteiger partial charge in [-0.15, -0.1) is 0 Å². The topological polar surface area (TPSA) is 64.4 Å². The molecule has 0 spiro atoms. The van der Waals surface area contributed by atoms with Crippen molar-refractivity contribution in [2.24, 2.45) is 0 Å². The molecule has 0 aliphatic heterocycles. The monoisotopic (exact) mass is 524 g/mol. The van der Waals surface area contributed by atoms with E-state index >= 15 is 0 Å². The zero-order valence-corrected chi connectivity index (χ0v) is 20.1. The number of halogens is 6. The van der Waals surface area contributed by atoms with E-state index in [-0.39, 0.29) is 30.7 Å². The normalized spacial score (nSPS) is 12.9. The molecule has 0 fully saturated rings. The summed E-state index contributed by atoms with van der Waals surface area (Å²) in [4.78, 5) is 12.8. The number of carbonyl (C=O) groups excluding carboxylic acids is 1. The average molecular weight is 525 g/mol. The summed E-state index contributed by atoms with van der Waals surface area (Å²) in [5, 5.41) is 2.83. The zero-order valence-electron chi connectivity index (χ0n) is 20.1. The van der Waals surface area contributed by atoms with Gasteiger partial charge in [-0.3, -0.25) is 4.79 Å². The average Bonchev–Trinajstić information content (AvgIpc) is 2.84. The first kappa shape index (κ1) is 28.0. The second-order valence-corrected chi connectivity index (χ2v) is 8.70. The molecule has 3 aromatic rings. The van der Waals surface area contributed by atoms with E-state index in [1.54, 1.807) is 56.3 Å². The minimum atomic E-state index is -4.94. The standard InChI is InChI=1S/C27H26F6N2O2/c1-16-17(2)24(34)9-8-23(16)25(36)35-13-20(19-6-4-3-5-7-19)15-37-14-18-10-21(26(28,29)30)12-22(11-18)27(31,32)33/h3-12,20H,13-15,34H2,1-2H3,(H,35,36). The van der Waals surface area contributed by atoms with Crippen molar-refractivity contribution in [2.75, 3.05) is 18.9 Å². The number of hydrogen-bond donors (Lipinski definition) is 2. The molecule has 1 atom stereocenters. The van der Waals surface area contributed by atoms with Crippen LogP contribution in [0.5, 0.6) is 0 Å². The van der Waals surface area contributed by atoms with E-state index in [2.05, 4.69) is 5.32 Å². The number of nitrogens with two attached hydrogens (primary N) is 1. The van der Waals surface area contributed by atoms with Crippen molar-refractivity contribution in [3.63, 3.8) is 0 Å². The highest BCUT2D eigenvalue weighted by Crippen LogP contribution is 2.36. The Labute approximate surface area is 210 Å². The number of anilines is 1. The molecule has 10 heteroatoms. The summed E-state index contributed by atoms with van der Waals surface area (Å²) >= 11 is 0. The van der Waals surface area contributed by atoms with Gasteiger partial charge < -0.3 is 15.8 Å². The highest BCUT2D eigenvalue weighted by Gasteiger charge is 2.36. The predicted molar refractivity (Wildman–Crippen MR) is 128 cm³/mol. The van der Waals surface area contributed by atoms with Gasteiger partial charge in [-0.05, 0) is 66.4 Å². The van der Waals surface area contributed by atoms with Crippen LogP contribution in [-0.4, -0.2) is 19.1 Å². The Hall–Kier alpha value is -3.53. The first-order valence-corrected chi connectivity index (χ1v) is 11.3. The summed E-state index contributed by atoms with van der Waals surface area (Å²) in [5.41, 5.74) is 6.14. The minimum Gasteiger partial charge on any atom is -0.399 e. The van der Waals surface area contributed by atoms with Crippen molar-refractivity contribution in [1.82, 2.24) is 5.32 Å². The molecule has 3 aromatic carbocycles. The summed E-state index contributed by atoms with van der Waals surface area (Å²) in [6.45, 7) is 3.19. The van der Waals surface area contributed by atoms with Crippen molar-refractivity contribution >= 4 is 11.6 Å². The van der Waals surface area contributed by atoms with E-state index in [0.29, 0.717) is 23.4 Å². The van der Waals surface area contributed by atoms with Crippen LogP contribution in [0.25, 0.3) is 0 Å². The summed E-state index contributed by atoms with van der Waals surface area (Å²) in [6.07, 6.45) is -9.88. The first-order chi connectivity index (χ1) is 17.3. The van der Waals surface area contributed by atoms with E-state index in [9.17, 15) is 31.1 Å². The molecular weight excluding hydrogens is 498 g/mol. The van der Waals surface area contributed by atoms with Crippen LogP contribution in [0.4, 0.5) is 32.0 Å². The van der Waals surface area contributed by atoms with Crippen molar-refractivity contribution in [3.05, 3.63) is 99.6 Å². The van der Waals surface area contributed by atoms with Crippen LogP contribution in [0.3, 0.4) is 0 Å². The zero-order chi connectivity index (χ0) is 27.4. The van der Waals surface area contributed by atoms with Crippen LogP contribution in [0.15, 0.2) is 60.7 Å². The lowest BCUT2D eigenvalue weighted by Gasteiger charge is -2.20. The van der Waals surface area contributed by atoms with Crippen LogP contribution in [-0.2, 0) is 23.7 Å². The second-order valence-electron chi connectivity index (χ2n) is 8.70. The number of ether oxygens (including phenoxy) is 1. The van der Waals surface area contributed by atoms with Gasteiger partial charge in [0.25, 0.3) is 5.91 Å². The Kier molecular flexibility index (Phi) is 8.53. The largest absolute Gasteiger partial charge is 0.416 e. The predicted octanol–water partition coefficient (Wildman–Crippen LogP) is 6.65. The molecule has 37 heavy (non-hydrogen) atoms. The number of carbonyl (C=O) groups is 1. The SMILES string of the molecule is Cc1c(N)ccc(C(=O)NCC(COCc2cc(C(F)(F)F)cc(C(F)(F)F)c2)c2ccccc2)c1C. The molecule has 1 unspecified atom stereocenters. The van der Waals surface area contributed by atoms with Gasteiger partial charge in [-0.1, -0.05) is 30.3 Å². The molecule has 0 bridgehead atoms. The number of nitrogen functional groups attached to an aromatic ring is 1. The fourth-order valence-corrected chi connectivity index (χ4v) is 3.82. The molecule has 0 radical (unpaired) electrons. The van der Waals surface area contributed by atoms with Gasteiger partial charge in [-0.25, -0.2) is 0 Å². The van der Waals surface area contributed by atoms with Crippen LogP contribution in [0.2, 0.25) is 0 Å². The summed E-state index contributed by atoms with van der Waals surface area (Å²) < 4.78 is 84.4. The Bertz CT molecular complexity index is 1210. The van der Waals surface area contributed by atoms with E-state index < -0.39 is 36.0 Å². The highest BCUT2D eigenvalue weighted by molar-refractivity contribution is 5.96. The molecule has 198 valence electrons. The van der Waals surface area contributed by atoms with Crippen LogP contribution in [0.1, 0.15) is 49.7 Å². The van der Waals surface area contributed by atoms with Gasteiger partial charge in [-0.2, -0.15) is 26.3 Å². The first-order valence-electron chi connectivity index (χ1n) is 11.3. The lowest BCUT2D eigenvalue weighted by atomic mass is 9.98. The molecule has 0 saturated carbocycles. The Morgan fingerprint density at radius 1 is 0.892 bits per heavy atom. The maximum absolute atomic E-state index is 13.1. The summed E-state index contributed by atoms with van der Waals surface area (Å²) in [5.74, 6) is -0.748. The number of rotatable bonds is 8. The summed E-state index contributed by atoms with van der Waals surface area (Å²) in [7, 11) is 0. The third-order valence-corrected chi connectivity index (χ3v) is 6.09. The van der Waals surface area contributed by atoms with Gasteiger partial charge in [0.15, 0.2) is 0 Å². The number of benzene rings is 3. The van der Waals surface area contributed by atoms with Crippen molar-refractivity contribution in [1.29, 1.82) is 0 Å². The van der Waals surface area contributed by atoms with Gasteiger partial charge in [0.1, 0.15) is 0 Å². The smallest absolute Gasteiger partial charge is 0.399 e. The summed E-state index contributed by atoms with van der Waals surface area (Å²) in [6, 6.07) is 13.6. The fourth-order valence-electron chi connectivity index (χ4n) is 3.82. The van der Waals surface area contributed by atoms with Gasteiger partial charge in [0.2, 0.25) is 0 Å². The second kappa shape index (κ2) is 11.2. The third-order valence-electron chi connectivity index (χ3n) is 6.09. The van der Waals surface area contributed by atoms with E-state index in [1.165, 1.54) is 0 Å². The fraction of sp³-hybridized carbons (Fsp3) is 0.296. The molecule has 1 amide bonds. The molecule has 0 saturated heterocycles.